The summed E-state index contributed by atoms with van der Waals surface area (Å²) in [5.74, 6) is -0.0335. The zero-order valence-electron chi connectivity index (χ0n) is 11.3. The lowest BCUT2D eigenvalue weighted by Crippen LogP contribution is -2.53. The Bertz CT molecular complexity index is 544. The van der Waals surface area contributed by atoms with E-state index >= 15 is 0 Å². The van der Waals surface area contributed by atoms with Crippen molar-refractivity contribution in [3.05, 3.63) is 35.4 Å². The van der Waals surface area contributed by atoms with Gasteiger partial charge < -0.3 is 10.1 Å². The van der Waals surface area contributed by atoms with Crippen LogP contribution in [-0.2, 0) is 22.1 Å². The maximum Gasteiger partial charge on any atom is 0.416 e. The van der Waals surface area contributed by atoms with E-state index in [1.165, 1.54) is 18.2 Å². The number of carbonyl (C=O) groups is 1. The molecule has 1 aromatic carbocycles. The molecule has 2 aliphatic rings. The second-order valence-corrected chi connectivity index (χ2v) is 5.60. The largest absolute Gasteiger partial charge is 0.416 e. The van der Waals surface area contributed by atoms with Crippen LogP contribution in [-0.4, -0.2) is 24.7 Å². The molecule has 21 heavy (non-hydrogen) atoms. The molecule has 0 bridgehead atoms. The molecule has 1 heterocycles. The van der Waals surface area contributed by atoms with Crippen LogP contribution in [0.15, 0.2) is 24.3 Å². The van der Waals surface area contributed by atoms with E-state index in [4.69, 9.17) is 4.74 Å². The molecule has 1 aliphatic heterocycles. The number of rotatable bonds is 3. The van der Waals surface area contributed by atoms with Crippen molar-refractivity contribution in [2.45, 2.75) is 37.6 Å². The van der Waals surface area contributed by atoms with Crippen molar-refractivity contribution in [2.24, 2.45) is 5.92 Å². The van der Waals surface area contributed by atoms with Crippen LogP contribution in [0.2, 0.25) is 0 Å². The topological polar surface area (TPSA) is 38.3 Å². The van der Waals surface area contributed by atoms with E-state index in [2.05, 4.69) is 5.32 Å². The molecule has 3 nitrogen and oxygen atoms in total. The predicted octanol–water partition coefficient (Wildman–Crippen LogP) is 2.54. The molecular weight excluding hydrogens is 283 g/mol. The summed E-state index contributed by atoms with van der Waals surface area (Å²) in [4.78, 5) is 12.0. The van der Waals surface area contributed by atoms with Crippen LogP contribution in [0.25, 0.3) is 0 Å². The van der Waals surface area contributed by atoms with Crippen LogP contribution in [0.5, 0.6) is 0 Å². The summed E-state index contributed by atoms with van der Waals surface area (Å²) in [6, 6.07) is 5.25. The highest BCUT2D eigenvalue weighted by Crippen LogP contribution is 2.38. The fraction of sp³-hybridized carbons (Fsp3) is 0.533. The highest BCUT2D eigenvalue weighted by molar-refractivity contribution is 5.79. The molecule has 0 aromatic heterocycles. The number of benzene rings is 1. The molecule has 1 amide bonds. The van der Waals surface area contributed by atoms with Gasteiger partial charge >= 0.3 is 6.18 Å². The van der Waals surface area contributed by atoms with Gasteiger partial charge in [-0.1, -0.05) is 18.2 Å². The van der Waals surface area contributed by atoms with Crippen molar-refractivity contribution in [3.8, 4) is 0 Å². The molecule has 2 fully saturated rings. The van der Waals surface area contributed by atoms with Gasteiger partial charge in [-0.2, -0.15) is 13.2 Å². The van der Waals surface area contributed by atoms with E-state index in [-0.39, 0.29) is 30.0 Å². The van der Waals surface area contributed by atoms with Crippen molar-refractivity contribution in [3.63, 3.8) is 0 Å². The summed E-state index contributed by atoms with van der Waals surface area (Å²) in [6.07, 6.45) is -2.79. The number of fused-ring (bicyclic) bond motifs is 1. The van der Waals surface area contributed by atoms with E-state index < -0.39 is 11.7 Å². The second-order valence-electron chi connectivity index (χ2n) is 5.60. The monoisotopic (exact) mass is 299 g/mol. The van der Waals surface area contributed by atoms with Gasteiger partial charge in [0.2, 0.25) is 5.91 Å². The maximum absolute atomic E-state index is 12.9. The van der Waals surface area contributed by atoms with Crippen molar-refractivity contribution >= 4 is 5.91 Å². The normalized spacial score (nSPS) is 27.9. The number of amides is 1. The standard InChI is InChI=1S/C15H16F3NO2/c16-15(17,18)11-4-2-1-3-9(11)7-14(20)19-12-8-13-10(12)5-6-21-13/h1-4,10,12-13H,5-8H2,(H,19,20)/t10-,12+,13+/m1/s1. The lowest BCUT2D eigenvalue weighted by Gasteiger charge is -2.39. The third-order valence-electron chi connectivity index (χ3n) is 4.28. The lowest BCUT2D eigenvalue weighted by atomic mass is 9.76. The maximum atomic E-state index is 12.9. The first-order valence-electron chi connectivity index (χ1n) is 7.01. The molecule has 1 saturated heterocycles. The summed E-state index contributed by atoms with van der Waals surface area (Å²) in [7, 11) is 0. The van der Waals surface area contributed by atoms with Crippen molar-refractivity contribution in [1.29, 1.82) is 0 Å². The van der Waals surface area contributed by atoms with Crippen LogP contribution in [0.4, 0.5) is 13.2 Å². The third-order valence-corrected chi connectivity index (χ3v) is 4.28. The summed E-state index contributed by atoms with van der Waals surface area (Å²) >= 11 is 0. The Morgan fingerprint density at radius 2 is 2.10 bits per heavy atom. The Morgan fingerprint density at radius 3 is 2.81 bits per heavy atom. The fourth-order valence-electron chi connectivity index (χ4n) is 3.15. The Kier molecular flexibility index (Phi) is 3.65. The molecule has 114 valence electrons. The molecule has 3 atom stereocenters. The third kappa shape index (κ3) is 2.90. The summed E-state index contributed by atoms with van der Waals surface area (Å²) in [5, 5.41) is 2.83. The summed E-state index contributed by atoms with van der Waals surface area (Å²) in [6.45, 7) is 0.707. The van der Waals surface area contributed by atoms with Crippen molar-refractivity contribution in [2.75, 3.05) is 6.61 Å². The van der Waals surface area contributed by atoms with Crippen LogP contribution >= 0.6 is 0 Å². The SMILES string of the molecule is O=C(Cc1ccccc1C(F)(F)F)N[C@H]1C[C@@H]2OCC[C@H]12. The average Bonchev–Trinajstić information content (AvgIpc) is 2.77. The van der Waals surface area contributed by atoms with Gasteiger partial charge in [-0.05, 0) is 24.5 Å². The summed E-state index contributed by atoms with van der Waals surface area (Å²) < 4.78 is 44.0. The Labute approximate surface area is 120 Å². The molecule has 0 radical (unpaired) electrons. The first kappa shape index (κ1) is 14.4. The lowest BCUT2D eigenvalue weighted by molar-refractivity contribution is -0.138. The van der Waals surface area contributed by atoms with Gasteiger partial charge in [-0.15, -0.1) is 0 Å². The zero-order valence-corrected chi connectivity index (χ0v) is 11.3. The van der Waals surface area contributed by atoms with Crippen LogP contribution in [0.1, 0.15) is 24.0 Å². The van der Waals surface area contributed by atoms with Crippen LogP contribution in [0.3, 0.4) is 0 Å². The van der Waals surface area contributed by atoms with Crippen molar-refractivity contribution < 1.29 is 22.7 Å². The molecule has 1 aromatic rings. The highest BCUT2D eigenvalue weighted by atomic mass is 19.4. The van der Waals surface area contributed by atoms with Gasteiger partial charge in [0.1, 0.15) is 0 Å². The van der Waals surface area contributed by atoms with Gasteiger partial charge in [0, 0.05) is 18.6 Å². The smallest absolute Gasteiger partial charge is 0.378 e. The van der Waals surface area contributed by atoms with Crippen LogP contribution in [0, 0.1) is 5.92 Å². The predicted molar refractivity (Wildman–Crippen MR) is 69.5 cm³/mol. The van der Waals surface area contributed by atoms with E-state index in [1.807, 2.05) is 0 Å². The molecular formula is C15H16F3NO2. The number of hydrogen-bond acceptors (Lipinski definition) is 2. The Balaban J connectivity index is 1.63. The number of alkyl halides is 3. The summed E-state index contributed by atoms with van der Waals surface area (Å²) in [5.41, 5.74) is -0.725. The van der Waals surface area contributed by atoms with E-state index in [0.29, 0.717) is 12.5 Å². The molecule has 0 spiro atoms. The quantitative estimate of drug-likeness (QED) is 0.931. The number of nitrogens with one attached hydrogen (secondary N) is 1. The number of carbonyl (C=O) groups excluding carboxylic acids is 1. The van der Waals surface area contributed by atoms with E-state index in [1.54, 1.807) is 0 Å². The molecule has 3 rings (SSSR count). The number of ether oxygens (including phenoxy) is 1. The van der Waals surface area contributed by atoms with Gasteiger partial charge in [-0.3, -0.25) is 4.79 Å². The van der Waals surface area contributed by atoms with Gasteiger partial charge in [0.25, 0.3) is 0 Å². The molecule has 1 N–H and O–H groups in total. The minimum Gasteiger partial charge on any atom is -0.378 e. The molecule has 0 unspecified atom stereocenters. The van der Waals surface area contributed by atoms with Gasteiger partial charge in [0.15, 0.2) is 0 Å². The molecule has 1 aliphatic carbocycles. The first-order valence-corrected chi connectivity index (χ1v) is 7.01. The van der Waals surface area contributed by atoms with Crippen LogP contribution < -0.4 is 5.32 Å². The number of hydrogen-bond donors (Lipinski definition) is 1. The van der Waals surface area contributed by atoms with E-state index in [0.717, 1.165) is 18.9 Å². The Hall–Kier alpha value is -1.56. The molecule has 1 saturated carbocycles. The number of halogens is 3. The highest BCUT2D eigenvalue weighted by Gasteiger charge is 2.45. The first-order chi connectivity index (χ1) is 9.95. The van der Waals surface area contributed by atoms with Crippen molar-refractivity contribution in [1.82, 2.24) is 5.32 Å². The van der Waals surface area contributed by atoms with Gasteiger partial charge in [0.05, 0.1) is 18.1 Å². The minimum absolute atomic E-state index is 0.0149. The van der Waals surface area contributed by atoms with E-state index in [9.17, 15) is 18.0 Å². The second kappa shape index (κ2) is 5.33. The fourth-order valence-corrected chi connectivity index (χ4v) is 3.15. The zero-order chi connectivity index (χ0) is 15.0. The molecule has 6 heteroatoms. The minimum atomic E-state index is -4.43. The average molecular weight is 299 g/mol. The Morgan fingerprint density at radius 1 is 1.33 bits per heavy atom. The van der Waals surface area contributed by atoms with Gasteiger partial charge in [-0.25, -0.2) is 0 Å².